The third-order valence-electron chi connectivity index (χ3n) is 4.06. The minimum atomic E-state index is 0.830. The molecule has 0 radical (unpaired) electrons. The third kappa shape index (κ3) is 3.07. The molecule has 1 aromatic heterocycles. The molecule has 0 amide bonds. The molecule has 1 heterocycles. The lowest BCUT2D eigenvalue weighted by molar-refractivity contribution is 0.630. The number of benzene rings is 3. The number of hydrogen-bond acceptors (Lipinski definition) is 2. The van der Waals surface area contributed by atoms with Crippen LogP contribution in [0.5, 0.6) is 0 Å². The summed E-state index contributed by atoms with van der Waals surface area (Å²) in [7, 11) is 0. The summed E-state index contributed by atoms with van der Waals surface area (Å²) in [6.45, 7) is 0. The average molecular weight is 340 g/mol. The van der Waals surface area contributed by atoms with Gasteiger partial charge in [-0.3, -0.25) is 0 Å². The molecule has 4 rings (SSSR count). The fourth-order valence-electron chi connectivity index (χ4n) is 2.84. The Kier molecular flexibility index (Phi) is 4.33. The van der Waals surface area contributed by atoms with Crippen LogP contribution >= 0.6 is 11.8 Å². The van der Waals surface area contributed by atoms with Gasteiger partial charge in [-0.2, -0.15) is 0 Å². The minimum absolute atomic E-state index is 0.830. The van der Waals surface area contributed by atoms with Crippen LogP contribution in [-0.2, 0) is 0 Å². The Morgan fingerprint density at radius 2 is 1.48 bits per heavy atom. The van der Waals surface area contributed by atoms with Gasteiger partial charge in [-0.1, -0.05) is 66.4 Å². The molecule has 0 N–H and O–H groups in total. The summed E-state index contributed by atoms with van der Waals surface area (Å²) in [5.74, 6) is 7.54. The van der Waals surface area contributed by atoms with Gasteiger partial charge in [-0.25, -0.2) is 0 Å². The van der Waals surface area contributed by atoms with Crippen LogP contribution in [0.25, 0.3) is 22.3 Å². The summed E-state index contributed by atoms with van der Waals surface area (Å²) in [4.78, 5) is 1.18. The smallest absolute Gasteiger partial charge is 0.151 e. The molecular formula is C23H16OS. The Hall–Kier alpha value is -2.89. The molecule has 0 unspecified atom stereocenters. The van der Waals surface area contributed by atoms with Crippen LogP contribution < -0.4 is 0 Å². The van der Waals surface area contributed by atoms with Gasteiger partial charge in [0.05, 0.1) is 5.56 Å². The predicted octanol–water partition coefficient (Wildman–Crippen LogP) is 6.22. The van der Waals surface area contributed by atoms with E-state index >= 15 is 0 Å². The first-order valence-corrected chi connectivity index (χ1v) is 9.31. The number of fused-ring (bicyclic) bond motifs is 1. The number of rotatable bonds is 2. The quantitative estimate of drug-likeness (QED) is 0.317. The first-order chi connectivity index (χ1) is 12.4. The van der Waals surface area contributed by atoms with Crippen molar-refractivity contribution in [2.75, 3.05) is 6.26 Å². The maximum Gasteiger partial charge on any atom is 0.151 e. The summed E-state index contributed by atoms with van der Waals surface area (Å²) in [6.07, 6.45) is 2.07. The van der Waals surface area contributed by atoms with Crippen LogP contribution in [0.3, 0.4) is 0 Å². The number of hydrogen-bond donors (Lipinski definition) is 0. The number of furan rings is 1. The average Bonchev–Trinajstić information content (AvgIpc) is 3.06. The second kappa shape index (κ2) is 6.93. The normalized spacial score (nSPS) is 10.4. The highest BCUT2D eigenvalue weighted by Crippen LogP contribution is 2.33. The standard InChI is InChI=1S/C23H16OS/c1-25-22-14-8-5-9-17(22)15-16-20-19-12-6-7-13-21(19)24-23(20)18-10-3-2-4-11-18/h2-14H,1H3. The second-order valence-corrected chi connectivity index (χ2v) is 6.47. The summed E-state index contributed by atoms with van der Waals surface area (Å²) in [6, 6.07) is 26.4. The molecule has 0 aliphatic rings. The Morgan fingerprint density at radius 3 is 2.32 bits per heavy atom. The molecule has 0 fully saturated rings. The van der Waals surface area contributed by atoms with Crippen LogP contribution in [0.2, 0.25) is 0 Å². The summed E-state index contributed by atoms with van der Waals surface area (Å²) in [5, 5.41) is 1.05. The van der Waals surface area contributed by atoms with Gasteiger partial charge in [-0.15, -0.1) is 11.8 Å². The van der Waals surface area contributed by atoms with Crippen molar-refractivity contribution in [1.82, 2.24) is 0 Å². The van der Waals surface area contributed by atoms with E-state index in [0.29, 0.717) is 0 Å². The molecule has 0 atom stereocenters. The van der Waals surface area contributed by atoms with Crippen molar-refractivity contribution in [2.24, 2.45) is 0 Å². The van der Waals surface area contributed by atoms with E-state index in [2.05, 4.69) is 48.4 Å². The zero-order valence-corrected chi connectivity index (χ0v) is 14.6. The molecule has 25 heavy (non-hydrogen) atoms. The van der Waals surface area contributed by atoms with E-state index in [-0.39, 0.29) is 0 Å². The highest BCUT2D eigenvalue weighted by molar-refractivity contribution is 7.98. The molecule has 2 heteroatoms. The van der Waals surface area contributed by atoms with E-state index in [1.807, 2.05) is 48.5 Å². The van der Waals surface area contributed by atoms with Crippen molar-refractivity contribution >= 4 is 22.7 Å². The lowest BCUT2D eigenvalue weighted by Gasteiger charge is -1.99. The van der Waals surface area contributed by atoms with E-state index in [0.717, 1.165) is 33.4 Å². The van der Waals surface area contributed by atoms with Crippen molar-refractivity contribution in [3.05, 3.63) is 90.0 Å². The zero-order valence-electron chi connectivity index (χ0n) is 13.8. The summed E-state index contributed by atoms with van der Waals surface area (Å²) < 4.78 is 6.12. The lowest BCUT2D eigenvalue weighted by Crippen LogP contribution is -1.82. The largest absolute Gasteiger partial charge is 0.455 e. The molecule has 0 bridgehead atoms. The highest BCUT2D eigenvalue weighted by atomic mass is 32.2. The Balaban J connectivity index is 1.91. The van der Waals surface area contributed by atoms with Crippen molar-refractivity contribution in [1.29, 1.82) is 0 Å². The fraction of sp³-hybridized carbons (Fsp3) is 0.0435. The molecule has 0 aliphatic heterocycles. The van der Waals surface area contributed by atoms with Crippen molar-refractivity contribution in [3.63, 3.8) is 0 Å². The predicted molar refractivity (Wildman–Crippen MR) is 106 cm³/mol. The van der Waals surface area contributed by atoms with Gasteiger partial charge < -0.3 is 4.42 Å². The van der Waals surface area contributed by atoms with Crippen LogP contribution in [0, 0.1) is 11.8 Å². The Labute approximate surface area is 151 Å². The van der Waals surface area contributed by atoms with Gasteiger partial charge >= 0.3 is 0 Å². The molecule has 120 valence electrons. The van der Waals surface area contributed by atoms with Crippen LogP contribution in [0.4, 0.5) is 0 Å². The molecule has 0 saturated heterocycles. The van der Waals surface area contributed by atoms with E-state index < -0.39 is 0 Å². The van der Waals surface area contributed by atoms with Crippen molar-refractivity contribution in [3.8, 4) is 23.2 Å². The highest BCUT2D eigenvalue weighted by Gasteiger charge is 2.13. The second-order valence-electron chi connectivity index (χ2n) is 5.62. The van der Waals surface area contributed by atoms with E-state index in [1.54, 1.807) is 11.8 Å². The monoisotopic (exact) mass is 340 g/mol. The Morgan fingerprint density at radius 1 is 0.760 bits per heavy atom. The van der Waals surface area contributed by atoms with Crippen molar-refractivity contribution in [2.45, 2.75) is 4.90 Å². The topological polar surface area (TPSA) is 13.1 Å². The van der Waals surface area contributed by atoms with Gasteiger partial charge in [0.25, 0.3) is 0 Å². The summed E-state index contributed by atoms with van der Waals surface area (Å²) in [5.41, 5.74) is 3.89. The minimum Gasteiger partial charge on any atom is -0.455 e. The van der Waals surface area contributed by atoms with E-state index in [1.165, 1.54) is 4.90 Å². The third-order valence-corrected chi connectivity index (χ3v) is 4.86. The van der Waals surface area contributed by atoms with Gasteiger partial charge in [0, 0.05) is 21.4 Å². The molecule has 0 spiro atoms. The van der Waals surface area contributed by atoms with E-state index in [4.69, 9.17) is 4.42 Å². The zero-order chi connectivity index (χ0) is 17.1. The van der Waals surface area contributed by atoms with Gasteiger partial charge in [0.15, 0.2) is 5.76 Å². The van der Waals surface area contributed by atoms with Gasteiger partial charge in [0.2, 0.25) is 0 Å². The maximum absolute atomic E-state index is 6.12. The molecule has 0 saturated carbocycles. The maximum atomic E-state index is 6.12. The summed E-state index contributed by atoms with van der Waals surface area (Å²) >= 11 is 1.71. The first-order valence-electron chi connectivity index (χ1n) is 8.09. The molecular weight excluding hydrogens is 324 g/mol. The van der Waals surface area contributed by atoms with Crippen LogP contribution in [-0.4, -0.2) is 6.26 Å². The fourth-order valence-corrected chi connectivity index (χ4v) is 3.39. The lowest BCUT2D eigenvalue weighted by atomic mass is 10.1. The molecule has 1 nitrogen and oxygen atoms in total. The Bertz CT molecular complexity index is 1080. The first kappa shape index (κ1) is 15.6. The van der Waals surface area contributed by atoms with Gasteiger partial charge in [-0.05, 0) is 30.5 Å². The van der Waals surface area contributed by atoms with E-state index in [9.17, 15) is 0 Å². The number of thioether (sulfide) groups is 1. The molecule has 0 aliphatic carbocycles. The van der Waals surface area contributed by atoms with Crippen LogP contribution in [0.15, 0.2) is 88.2 Å². The molecule has 4 aromatic rings. The van der Waals surface area contributed by atoms with Gasteiger partial charge in [0.1, 0.15) is 5.58 Å². The SMILES string of the molecule is CSc1ccccc1C#Cc1c(-c2ccccc2)oc2ccccc12. The van der Waals surface area contributed by atoms with Crippen LogP contribution in [0.1, 0.15) is 11.1 Å². The number of para-hydroxylation sites is 1. The van der Waals surface area contributed by atoms with Crippen molar-refractivity contribution < 1.29 is 4.42 Å². The molecule has 3 aromatic carbocycles.